The first-order valence-corrected chi connectivity index (χ1v) is 7.56. The van der Waals surface area contributed by atoms with Crippen molar-refractivity contribution in [3.63, 3.8) is 0 Å². The highest BCUT2D eigenvalue weighted by atomic mass is 15.3. The van der Waals surface area contributed by atoms with E-state index in [-0.39, 0.29) is 0 Å². The summed E-state index contributed by atoms with van der Waals surface area (Å²) >= 11 is 0. The summed E-state index contributed by atoms with van der Waals surface area (Å²) in [6, 6.07) is 16.1. The van der Waals surface area contributed by atoms with Crippen LogP contribution in [0.5, 0.6) is 0 Å². The highest BCUT2D eigenvalue weighted by molar-refractivity contribution is 5.54. The van der Waals surface area contributed by atoms with Crippen molar-refractivity contribution in [3.05, 3.63) is 54.2 Å². The Labute approximate surface area is 125 Å². The van der Waals surface area contributed by atoms with E-state index in [1.165, 1.54) is 17.7 Å². The second-order valence-electron chi connectivity index (χ2n) is 6.05. The van der Waals surface area contributed by atoms with Crippen molar-refractivity contribution in [2.24, 2.45) is 0 Å². The predicted molar refractivity (Wildman–Crippen MR) is 85.0 cm³/mol. The number of aromatic nitrogens is 1. The molecule has 0 aliphatic carbocycles. The number of benzene rings is 1. The Morgan fingerprint density at radius 3 is 2.67 bits per heavy atom. The van der Waals surface area contributed by atoms with Gasteiger partial charge in [-0.05, 0) is 18.1 Å². The summed E-state index contributed by atoms with van der Waals surface area (Å²) in [5, 5.41) is 0. The van der Waals surface area contributed by atoms with Crippen LogP contribution in [0, 0.1) is 0 Å². The van der Waals surface area contributed by atoms with Gasteiger partial charge in [-0.2, -0.15) is 0 Å². The third-order valence-electron chi connectivity index (χ3n) is 4.68. The summed E-state index contributed by atoms with van der Waals surface area (Å²) in [5.41, 5.74) is 8.43. The van der Waals surface area contributed by atoms with Gasteiger partial charge in [0, 0.05) is 49.7 Å². The number of nitrogens with zero attached hydrogens (tertiary/aromatic N) is 3. The molecule has 1 aromatic carbocycles. The molecule has 2 N–H and O–H groups in total. The molecule has 2 unspecified atom stereocenters. The van der Waals surface area contributed by atoms with Gasteiger partial charge in [-0.15, -0.1) is 0 Å². The number of anilines is 2. The topological polar surface area (TPSA) is 45.4 Å². The minimum Gasteiger partial charge on any atom is -0.384 e. The van der Waals surface area contributed by atoms with E-state index in [4.69, 9.17) is 5.73 Å². The van der Waals surface area contributed by atoms with Gasteiger partial charge < -0.3 is 10.6 Å². The zero-order chi connectivity index (χ0) is 14.2. The maximum absolute atomic E-state index is 5.81. The zero-order valence-corrected chi connectivity index (χ0v) is 12.0. The van der Waals surface area contributed by atoms with E-state index in [9.17, 15) is 0 Å². The summed E-state index contributed by atoms with van der Waals surface area (Å²) < 4.78 is 0. The molecule has 0 saturated carbocycles. The molecule has 0 amide bonds. The molecule has 108 valence electrons. The highest BCUT2D eigenvalue weighted by Crippen LogP contribution is 2.35. The van der Waals surface area contributed by atoms with E-state index < -0.39 is 0 Å². The van der Waals surface area contributed by atoms with Crippen molar-refractivity contribution < 1.29 is 0 Å². The number of rotatable bonds is 3. The molecule has 2 aromatic rings. The maximum atomic E-state index is 5.81. The van der Waals surface area contributed by atoms with E-state index in [1.54, 1.807) is 6.20 Å². The van der Waals surface area contributed by atoms with E-state index in [0.29, 0.717) is 17.9 Å². The van der Waals surface area contributed by atoms with Gasteiger partial charge >= 0.3 is 0 Å². The van der Waals surface area contributed by atoms with E-state index in [0.717, 1.165) is 19.6 Å². The standard InChI is InChI=1S/C17H20N4/c18-17-9-14(6-7-19-17)21-12-15-8-16(21)11-20(15)10-13-4-2-1-3-5-13/h1-7,9,15-16H,8,10-12H2,(H2,18,19). The van der Waals surface area contributed by atoms with Crippen molar-refractivity contribution in [2.75, 3.05) is 23.7 Å². The van der Waals surface area contributed by atoms with Crippen LogP contribution in [-0.4, -0.2) is 35.1 Å². The van der Waals surface area contributed by atoms with E-state index >= 15 is 0 Å². The van der Waals surface area contributed by atoms with Crippen LogP contribution in [0.3, 0.4) is 0 Å². The van der Waals surface area contributed by atoms with Gasteiger partial charge in [0.1, 0.15) is 5.82 Å². The lowest BCUT2D eigenvalue weighted by atomic mass is 10.2. The first-order chi connectivity index (χ1) is 10.3. The van der Waals surface area contributed by atoms with Crippen molar-refractivity contribution in [3.8, 4) is 0 Å². The molecular formula is C17H20N4. The lowest BCUT2D eigenvalue weighted by Gasteiger charge is -2.35. The molecule has 2 bridgehead atoms. The summed E-state index contributed by atoms with van der Waals surface area (Å²) in [6.45, 7) is 3.30. The van der Waals surface area contributed by atoms with Gasteiger partial charge in [0.05, 0.1) is 0 Å². The number of likely N-dealkylation sites (tertiary alicyclic amines) is 1. The van der Waals surface area contributed by atoms with Crippen molar-refractivity contribution in [1.29, 1.82) is 0 Å². The van der Waals surface area contributed by atoms with Crippen LogP contribution < -0.4 is 10.6 Å². The van der Waals surface area contributed by atoms with Gasteiger partial charge in [0.15, 0.2) is 0 Å². The Morgan fingerprint density at radius 1 is 1.10 bits per heavy atom. The number of pyridine rings is 1. The van der Waals surface area contributed by atoms with Crippen molar-refractivity contribution in [2.45, 2.75) is 25.0 Å². The summed E-state index contributed by atoms with van der Waals surface area (Å²) in [5.74, 6) is 0.608. The minimum atomic E-state index is 0.608. The van der Waals surface area contributed by atoms with Crippen LogP contribution in [0.1, 0.15) is 12.0 Å². The molecule has 4 heteroatoms. The number of hydrogen-bond donors (Lipinski definition) is 1. The Balaban J connectivity index is 1.46. The summed E-state index contributed by atoms with van der Waals surface area (Å²) in [6.07, 6.45) is 3.06. The second kappa shape index (κ2) is 5.04. The van der Waals surface area contributed by atoms with Gasteiger partial charge in [0.2, 0.25) is 0 Å². The third-order valence-corrected chi connectivity index (χ3v) is 4.68. The fourth-order valence-corrected chi connectivity index (χ4v) is 3.69. The molecule has 0 radical (unpaired) electrons. The van der Waals surface area contributed by atoms with E-state index in [1.807, 2.05) is 6.07 Å². The lowest BCUT2D eigenvalue weighted by molar-refractivity contribution is 0.230. The zero-order valence-electron chi connectivity index (χ0n) is 12.0. The van der Waals surface area contributed by atoms with Gasteiger partial charge in [0.25, 0.3) is 0 Å². The molecule has 2 saturated heterocycles. The number of piperazine rings is 1. The average molecular weight is 280 g/mol. The van der Waals surface area contributed by atoms with Crippen LogP contribution in [0.25, 0.3) is 0 Å². The monoisotopic (exact) mass is 280 g/mol. The summed E-state index contributed by atoms with van der Waals surface area (Å²) in [7, 11) is 0. The normalized spacial score (nSPS) is 24.7. The quantitative estimate of drug-likeness (QED) is 0.935. The smallest absolute Gasteiger partial charge is 0.125 e. The molecule has 4 rings (SSSR count). The first kappa shape index (κ1) is 12.7. The lowest BCUT2D eigenvalue weighted by Crippen LogP contribution is -2.46. The molecule has 0 spiro atoms. The molecule has 21 heavy (non-hydrogen) atoms. The molecule has 1 aromatic heterocycles. The molecule has 4 nitrogen and oxygen atoms in total. The molecular weight excluding hydrogens is 260 g/mol. The molecule has 2 fully saturated rings. The Hall–Kier alpha value is -2.07. The number of hydrogen-bond acceptors (Lipinski definition) is 4. The second-order valence-corrected chi connectivity index (χ2v) is 6.05. The maximum Gasteiger partial charge on any atom is 0.125 e. The molecule has 2 aliphatic rings. The predicted octanol–water partition coefficient (Wildman–Crippen LogP) is 2.13. The Bertz CT molecular complexity index is 628. The fraction of sp³-hybridized carbons (Fsp3) is 0.353. The van der Waals surface area contributed by atoms with Crippen molar-refractivity contribution in [1.82, 2.24) is 9.88 Å². The minimum absolute atomic E-state index is 0.608. The molecule has 2 atom stereocenters. The Kier molecular flexibility index (Phi) is 3.04. The van der Waals surface area contributed by atoms with Gasteiger partial charge in [-0.25, -0.2) is 4.98 Å². The number of nitrogens with two attached hydrogens (primary N) is 1. The van der Waals surface area contributed by atoms with Gasteiger partial charge in [-0.1, -0.05) is 30.3 Å². The SMILES string of the molecule is Nc1cc(N2CC3CC2CN3Cc2ccccc2)ccn1. The highest BCUT2D eigenvalue weighted by Gasteiger charge is 2.43. The molecule has 3 heterocycles. The average Bonchev–Trinajstić information content (AvgIpc) is 3.08. The number of fused-ring (bicyclic) bond motifs is 2. The summed E-state index contributed by atoms with van der Waals surface area (Å²) in [4.78, 5) is 9.19. The van der Waals surface area contributed by atoms with Gasteiger partial charge in [-0.3, -0.25) is 4.90 Å². The fourth-order valence-electron chi connectivity index (χ4n) is 3.69. The Morgan fingerprint density at radius 2 is 1.95 bits per heavy atom. The van der Waals surface area contributed by atoms with Crippen LogP contribution >= 0.6 is 0 Å². The third kappa shape index (κ3) is 2.36. The first-order valence-electron chi connectivity index (χ1n) is 7.56. The van der Waals surface area contributed by atoms with Crippen LogP contribution in [-0.2, 0) is 6.54 Å². The van der Waals surface area contributed by atoms with Crippen LogP contribution in [0.15, 0.2) is 48.7 Å². The largest absolute Gasteiger partial charge is 0.384 e. The van der Waals surface area contributed by atoms with Crippen LogP contribution in [0.2, 0.25) is 0 Å². The molecule has 2 aliphatic heterocycles. The number of nitrogen functional groups attached to an aromatic ring is 1. The van der Waals surface area contributed by atoms with Crippen LogP contribution in [0.4, 0.5) is 11.5 Å². The van der Waals surface area contributed by atoms with E-state index in [2.05, 4.69) is 51.2 Å². The van der Waals surface area contributed by atoms with Crippen molar-refractivity contribution >= 4 is 11.5 Å².